The predicted octanol–water partition coefficient (Wildman–Crippen LogP) is 4.41. The quantitative estimate of drug-likeness (QED) is 0.707. The first-order chi connectivity index (χ1) is 12.7. The molecule has 0 bridgehead atoms. The maximum atomic E-state index is 5.48. The van der Waals surface area contributed by atoms with Gasteiger partial charge in [-0.1, -0.05) is 6.07 Å². The van der Waals surface area contributed by atoms with Crippen LogP contribution < -0.4 is 10.1 Å². The van der Waals surface area contributed by atoms with Crippen LogP contribution in [-0.4, -0.2) is 23.1 Å². The summed E-state index contributed by atoms with van der Waals surface area (Å²) in [5.74, 6) is 3.26. The largest absolute Gasteiger partial charge is 0.497 e. The van der Waals surface area contributed by atoms with E-state index in [1.807, 2.05) is 25.1 Å². The van der Waals surface area contributed by atoms with Crippen molar-refractivity contribution in [3.05, 3.63) is 59.6 Å². The van der Waals surface area contributed by atoms with Gasteiger partial charge in [0.15, 0.2) is 5.76 Å². The molecule has 1 aliphatic carbocycles. The monoisotopic (exact) mass is 349 g/mol. The van der Waals surface area contributed by atoms with E-state index in [1.165, 1.54) is 11.1 Å². The average Bonchev–Trinajstić information content (AvgIpc) is 3.10. The molecule has 0 aliphatic heterocycles. The van der Waals surface area contributed by atoms with Crippen molar-refractivity contribution in [3.63, 3.8) is 0 Å². The van der Waals surface area contributed by atoms with Crippen LogP contribution in [0.4, 0.5) is 5.82 Å². The zero-order valence-corrected chi connectivity index (χ0v) is 15.2. The fraction of sp³-hybridized carbons (Fsp3) is 0.333. The molecule has 2 aromatic heterocycles. The lowest BCUT2D eigenvalue weighted by Crippen LogP contribution is -2.22. The average molecular weight is 349 g/mol. The first kappa shape index (κ1) is 16.6. The molecule has 1 unspecified atom stereocenters. The van der Waals surface area contributed by atoms with Crippen LogP contribution in [0.15, 0.2) is 47.1 Å². The molecule has 1 aromatic carbocycles. The van der Waals surface area contributed by atoms with Crippen molar-refractivity contribution in [2.45, 2.75) is 38.6 Å². The molecule has 5 nitrogen and oxygen atoms in total. The number of ether oxygens (including phenoxy) is 1. The Balaban J connectivity index is 1.57. The Labute approximate surface area is 153 Å². The van der Waals surface area contributed by atoms with E-state index >= 15 is 0 Å². The number of hydrogen-bond donors (Lipinski definition) is 1. The molecule has 134 valence electrons. The molecule has 0 amide bonds. The molecule has 0 saturated heterocycles. The molecule has 0 spiro atoms. The molecular weight excluding hydrogens is 326 g/mol. The van der Waals surface area contributed by atoms with Crippen molar-refractivity contribution in [1.82, 2.24) is 9.97 Å². The highest BCUT2D eigenvalue weighted by Gasteiger charge is 2.18. The molecule has 0 fully saturated rings. The Morgan fingerprint density at radius 3 is 2.88 bits per heavy atom. The molecule has 1 aliphatic rings. The van der Waals surface area contributed by atoms with Gasteiger partial charge in [-0.05, 0) is 68.0 Å². The lowest BCUT2D eigenvalue weighted by Gasteiger charge is -2.18. The number of fused-ring (bicyclic) bond motifs is 1. The van der Waals surface area contributed by atoms with Gasteiger partial charge in [-0.3, -0.25) is 0 Å². The summed E-state index contributed by atoms with van der Waals surface area (Å²) in [5, 5.41) is 3.61. The van der Waals surface area contributed by atoms with Gasteiger partial charge in [-0.15, -0.1) is 0 Å². The van der Waals surface area contributed by atoms with Crippen molar-refractivity contribution in [1.29, 1.82) is 0 Å². The van der Waals surface area contributed by atoms with Gasteiger partial charge in [-0.2, -0.15) is 0 Å². The number of methoxy groups -OCH3 is 1. The molecule has 4 rings (SSSR count). The Morgan fingerprint density at radius 1 is 1.15 bits per heavy atom. The number of anilines is 1. The van der Waals surface area contributed by atoms with Crippen LogP contribution in [0.2, 0.25) is 0 Å². The number of benzene rings is 1. The van der Waals surface area contributed by atoms with Gasteiger partial charge in [0.2, 0.25) is 0 Å². The van der Waals surface area contributed by atoms with Crippen molar-refractivity contribution in [2.24, 2.45) is 0 Å². The van der Waals surface area contributed by atoms with Crippen LogP contribution in [0.3, 0.4) is 0 Å². The molecule has 2 heterocycles. The molecule has 1 N–H and O–H groups in total. The number of nitrogens with zero attached hydrogens (tertiary/aromatic N) is 2. The van der Waals surface area contributed by atoms with Gasteiger partial charge in [0.25, 0.3) is 0 Å². The minimum absolute atomic E-state index is 0.335. The van der Waals surface area contributed by atoms with Crippen LogP contribution in [0, 0.1) is 6.92 Å². The van der Waals surface area contributed by atoms with E-state index in [9.17, 15) is 0 Å². The van der Waals surface area contributed by atoms with Crippen molar-refractivity contribution in [2.75, 3.05) is 12.4 Å². The van der Waals surface area contributed by atoms with Gasteiger partial charge in [0, 0.05) is 12.1 Å². The summed E-state index contributed by atoms with van der Waals surface area (Å²) < 4.78 is 10.9. The second kappa shape index (κ2) is 7.20. The Hall–Kier alpha value is -2.82. The number of aromatic nitrogens is 2. The zero-order chi connectivity index (χ0) is 17.9. The van der Waals surface area contributed by atoms with Gasteiger partial charge < -0.3 is 14.5 Å². The SMILES string of the molecule is COc1ccc2c(c1)CC(Nc1cc(-c3ccco3)nc(C)n1)CCC2. The first-order valence-electron chi connectivity index (χ1n) is 9.03. The Bertz CT molecular complexity index is 890. The van der Waals surface area contributed by atoms with Crippen LogP contribution in [0.5, 0.6) is 5.75 Å². The third-order valence-electron chi connectivity index (χ3n) is 4.84. The van der Waals surface area contributed by atoms with Crippen molar-refractivity contribution >= 4 is 5.82 Å². The summed E-state index contributed by atoms with van der Waals surface area (Å²) in [6.45, 7) is 1.91. The van der Waals surface area contributed by atoms with E-state index in [-0.39, 0.29) is 0 Å². The number of aryl methyl sites for hydroxylation is 2. The van der Waals surface area contributed by atoms with Crippen LogP contribution in [-0.2, 0) is 12.8 Å². The van der Waals surface area contributed by atoms with E-state index in [2.05, 4.69) is 33.5 Å². The van der Waals surface area contributed by atoms with E-state index in [1.54, 1.807) is 13.4 Å². The minimum Gasteiger partial charge on any atom is -0.497 e. The highest BCUT2D eigenvalue weighted by molar-refractivity contribution is 5.57. The molecule has 3 aromatic rings. The maximum Gasteiger partial charge on any atom is 0.152 e. The summed E-state index contributed by atoms with van der Waals surface area (Å²) in [6, 6.07) is 12.5. The second-order valence-electron chi connectivity index (χ2n) is 6.74. The van der Waals surface area contributed by atoms with Crippen molar-refractivity contribution in [3.8, 4) is 17.2 Å². The van der Waals surface area contributed by atoms with E-state index in [0.717, 1.165) is 54.5 Å². The fourth-order valence-electron chi connectivity index (χ4n) is 3.59. The minimum atomic E-state index is 0.335. The van der Waals surface area contributed by atoms with Gasteiger partial charge in [-0.25, -0.2) is 9.97 Å². The summed E-state index contributed by atoms with van der Waals surface area (Å²) >= 11 is 0. The molecule has 0 saturated carbocycles. The maximum absolute atomic E-state index is 5.48. The predicted molar refractivity (Wildman–Crippen MR) is 102 cm³/mol. The van der Waals surface area contributed by atoms with Gasteiger partial charge in [0.05, 0.1) is 13.4 Å². The third-order valence-corrected chi connectivity index (χ3v) is 4.84. The summed E-state index contributed by atoms with van der Waals surface area (Å²) in [5.41, 5.74) is 3.59. The smallest absolute Gasteiger partial charge is 0.152 e. The topological polar surface area (TPSA) is 60.2 Å². The Morgan fingerprint density at radius 2 is 2.08 bits per heavy atom. The number of hydrogen-bond acceptors (Lipinski definition) is 5. The molecule has 26 heavy (non-hydrogen) atoms. The normalized spacial score (nSPS) is 16.6. The lowest BCUT2D eigenvalue weighted by atomic mass is 10.0. The van der Waals surface area contributed by atoms with Crippen molar-refractivity contribution < 1.29 is 9.15 Å². The summed E-state index contributed by atoms with van der Waals surface area (Å²) in [6.07, 6.45) is 6.00. The molecule has 0 radical (unpaired) electrons. The highest BCUT2D eigenvalue weighted by atomic mass is 16.5. The van der Waals surface area contributed by atoms with Crippen LogP contribution >= 0.6 is 0 Å². The van der Waals surface area contributed by atoms with Crippen LogP contribution in [0.25, 0.3) is 11.5 Å². The Kier molecular flexibility index (Phi) is 4.61. The first-order valence-corrected chi connectivity index (χ1v) is 9.03. The van der Waals surface area contributed by atoms with E-state index < -0.39 is 0 Å². The van der Waals surface area contributed by atoms with E-state index in [0.29, 0.717) is 6.04 Å². The highest BCUT2D eigenvalue weighted by Crippen LogP contribution is 2.27. The summed E-state index contributed by atoms with van der Waals surface area (Å²) in [4.78, 5) is 9.05. The molecule has 1 atom stereocenters. The summed E-state index contributed by atoms with van der Waals surface area (Å²) in [7, 11) is 1.72. The molecular formula is C21H23N3O2. The zero-order valence-electron chi connectivity index (χ0n) is 15.2. The van der Waals surface area contributed by atoms with E-state index in [4.69, 9.17) is 9.15 Å². The fourth-order valence-corrected chi connectivity index (χ4v) is 3.59. The standard InChI is InChI=1S/C21H23N3O2/c1-14-22-19(20-7-4-10-26-20)13-21(23-14)24-17-6-3-5-15-8-9-18(25-2)12-16(15)11-17/h4,7-10,12-13,17H,3,5-6,11H2,1-2H3,(H,22,23,24). The number of furan rings is 1. The van der Waals surface area contributed by atoms with Gasteiger partial charge >= 0.3 is 0 Å². The third kappa shape index (κ3) is 3.57. The number of nitrogens with one attached hydrogen (secondary N) is 1. The molecule has 5 heteroatoms. The second-order valence-corrected chi connectivity index (χ2v) is 6.74. The number of rotatable bonds is 4. The van der Waals surface area contributed by atoms with Gasteiger partial charge in [0.1, 0.15) is 23.1 Å². The lowest BCUT2D eigenvalue weighted by molar-refractivity contribution is 0.414. The van der Waals surface area contributed by atoms with Crippen LogP contribution in [0.1, 0.15) is 29.8 Å².